The summed E-state index contributed by atoms with van der Waals surface area (Å²) in [7, 11) is 2.04. The van der Waals surface area contributed by atoms with Crippen molar-refractivity contribution in [2.45, 2.75) is 32.9 Å². The average molecular weight is 280 g/mol. The molecule has 102 valence electrons. The molecule has 19 heavy (non-hydrogen) atoms. The lowest BCUT2D eigenvalue weighted by atomic mass is 10.2. The van der Waals surface area contributed by atoms with Crippen LogP contribution in [0.4, 0.5) is 0 Å². The summed E-state index contributed by atoms with van der Waals surface area (Å²) in [5, 5.41) is 4.68. The number of benzene rings is 1. The Bertz CT molecular complexity index is 524. The van der Waals surface area contributed by atoms with Gasteiger partial charge in [0.1, 0.15) is 0 Å². The molecule has 1 unspecified atom stereocenters. The lowest BCUT2D eigenvalue weighted by Gasteiger charge is -2.21. The Morgan fingerprint density at radius 3 is 2.58 bits per heavy atom. The first-order valence-corrected chi connectivity index (χ1v) is 6.75. The number of halogens is 1. The molecule has 0 fully saturated rings. The molecule has 0 aliphatic heterocycles. The molecule has 0 saturated carbocycles. The molecule has 0 N–H and O–H groups in total. The van der Waals surface area contributed by atoms with Crippen molar-refractivity contribution in [2.75, 3.05) is 7.05 Å². The van der Waals surface area contributed by atoms with Crippen LogP contribution in [0.3, 0.4) is 0 Å². The highest BCUT2D eigenvalue weighted by Crippen LogP contribution is 2.20. The third kappa shape index (κ3) is 3.55. The standard InChI is InChI=1S/C14H18ClN3O/c1-4-13-16-14(19-17-13)10(2)18(3)9-11-5-7-12(15)8-6-11/h5-8,10H,4,9H2,1-3H3. The zero-order chi connectivity index (χ0) is 13.8. The molecule has 0 amide bonds. The van der Waals surface area contributed by atoms with Gasteiger partial charge in [-0.15, -0.1) is 0 Å². The highest BCUT2D eigenvalue weighted by molar-refractivity contribution is 6.30. The fourth-order valence-corrected chi connectivity index (χ4v) is 1.91. The zero-order valence-corrected chi connectivity index (χ0v) is 12.2. The maximum absolute atomic E-state index is 5.88. The first kappa shape index (κ1) is 14.0. The van der Waals surface area contributed by atoms with Crippen molar-refractivity contribution in [3.63, 3.8) is 0 Å². The van der Waals surface area contributed by atoms with Gasteiger partial charge in [-0.25, -0.2) is 0 Å². The van der Waals surface area contributed by atoms with E-state index in [2.05, 4.69) is 22.0 Å². The molecule has 2 rings (SSSR count). The van der Waals surface area contributed by atoms with Gasteiger partial charge in [-0.3, -0.25) is 4.90 Å². The summed E-state index contributed by atoms with van der Waals surface area (Å²) in [6.45, 7) is 4.88. The van der Waals surface area contributed by atoms with E-state index in [0.717, 1.165) is 23.8 Å². The number of rotatable bonds is 5. The maximum atomic E-state index is 5.88. The van der Waals surface area contributed by atoms with E-state index in [1.54, 1.807) is 0 Å². The van der Waals surface area contributed by atoms with Gasteiger partial charge in [-0.1, -0.05) is 35.8 Å². The minimum absolute atomic E-state index is 0.0866. The number of aryl methyl sites for hydroxylation is 1. The van der Waals surface area contributed by atoms with E-state index in [-0.39, 0.29) is 6.04 Å². The van der Waals surface area contributed by atoms with E-state index in [1.807, 2.05) is 38.2 Å². The summed E-state index contributed by atoms with van der Waals surface area (Å²) in [4.78, 5) is 6.53. The largest absolute Gasteiger partial charge is 0.338 e. The Balaban J connectivity index is 2.02. The molecule has 0 aliphatic carbocycles. The average Bonchev–Trinajstić information content (AvgIpc) is 2.89. The van der Waals surface area contributed by atoms with Gasteiger partial charge in [-0.05, 0) is 31.7 Å². The van der Waals surface area contributed by atoms with Gasteiger partial charge >= 0.3 is 0 Å². The Morgan fingerprint density at radius 2 is 2.00 bits per heavy atom. The predicted molar refractivity (Wildman–Crippen MR) is 75.0 cm³/mol. The number of aromatic nitrogens is 2. The summed E-state index contributed by atoms with van der Waals surface area (Å²) in [5.74, 6) is 1.41. The van der Waals surface area contributed by atoms with Gasteiger partial charge in [0, 0.05) is 18.0 Å². The molecule has 1 aromatic carbocycles. The lowest BCUT2D eigenvalue weighted by molar-refractivity contribution is 0.202. The topological polar surface area (TPSA) is 42.2 Å². The van der Waals surface area contributed by atoms with Crippen LogP contribution in [0, 0.1) is 0 Å². The summed E-state index contributed by atoms with van der Waals surface area (Å²) < 4.78 is 5.27. The quantitative estimate of drug-likeness (QED) is 0.840. The summed E-state index contributed by atoms with van der Waals surface area (Å²) in [6.07, 6.45) is 0.789. The van der Waals surface area contributed by atoms with Crippen LogP contribution in [0.25, 0.3) is 0 Å². The third-order valence-electron chi connectivity index (χ3n) is 3.16. The molecule has 0 bridgehead atoms. The smallest absolute Gasteiger partial charge is 0.243 e. The molecule has 4 nitrogen and oxygen atoms in total. The van der Waals surface area contributed by atoms with Crippen LogP contribution < -0.4 is 0 Å². The van der Waals surface area contributed by atoms with Gasteiger partial charge in [0.25, 0.3) is 0 Å². The van der Waals surface area contributed by atoms with E-state index in [4.69, 9.17) is 16.1 Å². The van der Waals surface area contributed by atoms with Crippen molar-refractivity contribution in [2.24, 2.45) is 0 Å². The maximum Gasteiger partial charge on any atom is 0.243 e. The first-order valence-electron chi connectivity index (χ1n) is 6.37. The van der Waals surface area contributed by atoms with Crippen molar-refractivity contribution in [3.8, 4) is 0 Å². The van der Waals surface area contributed by atoms with E-state index >= 15 is 0 Å². The van der Waals surface area contributed by atoms with Crippen LogP contribution in [0.15, 0.2) is 28.8 Å². The minimum Gasteiger partial charge on any atom is -0.338 e. The highest BCUT2D eigenvalue weighted by atomic mass is 35.5. The SMILES string of the molecule is CCc1noc(C(C)N(C)Cc2ccc(Cl)cc2)n1. The Kier molecular flexibility index (Phi) is 4.56. The molecule has 0 saturated heterocycles. The van der Waals surface area contributed by atoms with E-state index < -0.39 is 0 Å². The van der Waals surface area contributed by atoms with Crippen LogP contribution >= 0.6 is 11.6 Å². The molecule has 2 aromatic rings. The van der Waals surface area contributed by atoms with Crippen molar-refractivity contribution in [3.05, 3.63) is 46.6 Å². The number of hydrogen-bond acceptors (Lipinski definition) is 4. The summed E-state index contributed by atoms with van der Waals surface area (Å²) in [5.41, 5.74) is 1.20. The zero-order valence-electron chi connectivity index (χ0n) is 11.4. The molecular weight excluding hydrogens is 262 g/mol. The van der Waals surface area contributed by atoms with Gasteiger partial charge in [0.05, 0.1) is 6.04 Å². The molecule has 1 atom stereocenters. The van der Waals surface area contributed by atoms with Gasteiger partial charge in [-0.2, -0.15) is 4.98 Å². The van der Waals surface area contributed by atoms with E-state index in [9.17, 15) is 0 Å². The molecule has 1 heterocycles. The number of hydrogen-bond donors (Lipinski definition) is 0. The summed E-state index contributed by atoms with van der Waals surface area (Å²) in [6, 6.07) is 7.94. The molecule has 5 heteroatoms. The minimum atomic E-state index is 0.0866. The fraction of sp³-hybridized carbons (Fsp3) is 0.429. The van der Waals surface area contributed by atoms with E-state index in [1.165, 1.54) is 5.56 Å². The molecular formula is C14H18ClN3O. The second-order valence-corrected chi connectivity index (χ2v) is 5.06. The predicted octanol–water partition coefficient (Wildman–Crippen LogP) is 3.48. The second kappa shape index (κ2) is 6.17. The second-order valence-electron chi connectivity index (χ2n) is 4.62. The van der Waals surface area contributed by atoms with Crippen LogP contribution in [0.2, 0.25) is 5.02 Å². The lowest BCUT2D eigenvalue weighted by Crippen LogP contribution is -2.22. The Labute approximate surface area is 118 Å². The molecule has 0 aliphatic rings. The van der Waals surface area contributed by atoms with Gasteiger partial charge in [0.15, 0.2) is 5.82 Å². The van der Waals surface area contributed by atoms with Crippen molar-refractivity contribution in [1.29, 1.82) is 0 Å². The number of nitrogens with zero attached hydrogens (tertiary/aromatic N) is 3. The monoisotopic (exact) mass is 279 g/mol. The van der Waals surface area contributed by atoms with Crippen molar-refractivity contribution < 1.29 is 4.52 Å². The van der Waals surface area contributed by atoms with Gasteiger partial charge < -0.3 is 4.52 Å². The molecule has 0 radical (unpaired) electrons. The fourth-order valence-electron chi connectivity index (χ4n) is 1.78. The molecule has 1 aromatic heterocycles. The summed E-state index contributed by atoms with van der Waals surface area (Å²) >= 11 is 5.88. The highest BCUT2D eigenvalue weighted by Gasteiger charge is 2.18. The van der Waals surface area contributed by atoms with Crippen LogP contribution in [-0.2, 0) is 13.0 Å². The van der Waals surface area contributed by atoms with E-state index in [0.29, 0.717) is 5.89 Å². The van der Waals surface area contributed by atoms with Gasteiger partial charge in [0.2, 0.25) is 5.89 Å². The van der Waals surface area contributed by atoms with Crippen molar-refractivity contribution >= 4 is 11.6 Å². The van der Waals surface area contributed by atoms with Crippen LogP contribution in [-0.4, -0.2) is 22.1 Å². The Morgan fingerprint density at radius 1 is 1.32 bits per heavy atom. The Hall–Kier alpha value is -1.39. The third-order valence-corrected chi connectivity index (χ3v) is 3.42. The van der Waals surface area contributed by atoms with Crippen LogP contribution in [0.5, 0.6) is 0 Å². The normalized spacial score (nSPS) is 12.9. The van der Waals surface area contributed by atoms with Crippen molar-refractivity contribution in [1.82, 2.24) is 15.0 Å². The van der Waals surface area contributed by atoms with Crippen LogP contribution in [0.1, 0.15) is 37.2 Å². The first-order chi connectivity index (χ1) is 9.10. The molecule has 0 spiro atoms.